The third kappa shape index (κ3) is 3.27. The molecule has 2 aromatic carbocycles. The number of fused-ring (bicyclic) bond motifs is 5. The summed E-state index contributed by atoms with van der Waals surface area (Å²) in [5, 5.41) is 11.3. The molecule has 0 saturated carbocycles. The average molecular weight is 437 g/mol. The number of pyridine rings is 1. The second kappa shape index (κ2) is 7.87. The molecule has 1 aliphatic heterocycles. The molecule has 0 saturated heterocycles. The SMILES string of the molecule is COc1c(F)cc(Cc2nc3c(c4c2[nH]c2ccccc24)CCN(C(=O)CO)C3)cc1F. The fourth-order valence-electron chi connectivity index (χ4n) is 4.55. The van der Waals surface area contributed by atoms with E-state index in [1.807, 2.05) is 24.3 Å². The third-order valence-corrected chi connectivity index (χ3v) is 6.01. The van der Waals surface area contributed by atoms with Crippen LogP contribution in [-0.2, 0) is 24.2 Å². The first-order valence-corrected chi connectivity index (χ1v) is 10.3. The fourth-order valence-corrected chi connectivity index (χ4v) is 4.55. The van der Waals surface area contributed by atoms with Crippen LogP contribution in [0.4, 0.5) is 8.78 Å². The summed E-state index contributed by atoms with van der Waals surface area (Å²) in [7, 11) is 1.22. The highest BCUT2D eigenvalue weighted by atomic mass is 19.1. The molecule has 1 aliphatic rings. The lowest BCUT2D eigenvalue weighted by Gasteiger charge is -2.28. The lowest BCUT2D eigenvalue weighted by molar-refractivity contribution is -0.135. The van der Waals surface area contributed by atoms with Gasteiger partial charge in [0.15, 0.2) is 17.4 Å². The number of rotatable bonds is 4. The van der Waals surface area contributed by atoms with Crippen LogP contribution in [0.2, 0.25) is 0 Å². The number of halogens is 2. The van der Waals surface area contributed by atoms with Gasteiger partial charge in [0.25, 0.3) is 0 Å². The van der Waals surface area contributed by atoms with Crippen molar-refractivity contribution in [3.05, 3.63) is 70.5 Å². The van der Waals surface area contributed by atoms with Crippen LogP contribution in [-0.4, -0.2) is 46.1 Å². The molecule has 0 atom stereocenters. The number of benzene rings is 2. The first-order chi connectivity index (χ1) is 15.5. The van der Waals surface area contributed by atoms with Crippen LogP contribution < -0.4 is 4.74 Å². The monoisotopic (exact) mass is 437 g/mol. The van der Waals surface area contributed by atoms with Crippen LogP contribution in [0.15, 0.2) is 36.4 Å². The van der Waals surface area contributed by atoms with E-state index in [0.717, 1.165) is 33.1 Å². The van der Waals surface area contributed by atoms with E-state index in [1.165, 1.54) is 19.2 Å². The smallest absolute Gasteiger partial charge is 0.248 e. The number of para-hydroxylation sites is 1. The number of aromatic amines is 1. The van der Waals surface area contributed by atoms with Gasteiger partial charge in [-0.15, -0.1) is 0 Å². The summed E-state index contributed by atoms with van der Waals surface area (Å²) in [6.07, 6.45) is 0.806. The predicted octanol–water partition coefficient (Wildman–Crippen LogP) is 3.47. The number of hydrogen-bond acceptors (Lipinski definition) is 4. The van der Waals surface area contributed by atoms with Crippen LogP contribution >= 0.6 is 0 Å². The van der Waals surface area contributed by atoms with E-state index in [9.17, 15) is 18.7 Å². The molecule has 5 rings (SSSR count). The van der Waals surface area contributed by atoms with Crippen molar-refractivity contribution >= 4 is 27.7 Å². The molecule has 164 valence electrons. The highest BCUT2D eigenvalue weighted by molar-refractivity contribution is 6.10. The summed E-state index contributed by atoms with van der Waals surface area (Å²) in [6, 6.07) is 10.4. The Balaban J connectivity index is 1.68. The molecule has 0 unspecified atom stereocenters. The summed E-state index contributed by atoms with van der Waals surface area (Å²) in [4.78, 5) is 21.9. The van der Waals surface area contributed by atoms with E-state index in [-0.39, 0.29) is 18.9 Å². The minimum atomic E-state index is -0.770. The summed E-state index contributed by atoms with van der Waals surface area (Å²) in [6.45, 7) is 0.224. The van der Waals surface area contributed by atoms with Crippen molar-refractivity contribution in [3.63, 3.8) is 0 Å². The number of ether oxygens (including phenoxy) is 1. The number of hydrogen-bond donors (Lipinski definition) is 2. The Morgan fingerprint density at radius 2 is 2.00 bits per heavy atom. The van der Waals surface area contributed by atoms with E-state index in [0.29, 0.717) is 24.2 Å². The molecule has 3 heterocycles. The summed E-state index contributed by atoms with van der Waals surface area (Å²) >= 11 is 0. The number of nitrogens with one attached hydrogen (secondary N) is 1. The van der Waals surface area contributed by atoms with Crippen LogP contribution in [0, 0.1) is 11.6 Å². The van der Waals surface area contributed by atoms with E-state index >= 15 is 0 Å². The molecule has 2 N–H and O–H groups in total. The number of amides is 1. The molecular formula is C24H21F2N3O3. The minimum absolute atomic E-state index is 0.197. The molecule has 0 spiro atoms. The normalized spacial score (nSPS) is 13.6. The Hall–Kier alpha value is -3.52. The largest absolute Gasteiger partial charge is 0.491 e. The van der Waals surface area contributed by atoms with E-state index in [1.54, 1.807) is 4.90 Å². The van der Waals surface area contributed by atoms with Gasteiger partial charge in [-0.05, 0) is 35.7 Å². The first-order valence-electron chi connectivity index (χ1n) is 10.3. The van der Waals surface area contributed by atoms with Crippen LogP contribution in [0.1, 0.15) is 22.5 Å². The zero-order chi connectivity index (χ0) is 22.4. The molecule has 0 radical (unpaired) electrons. The van der Waals surface area contributed by atoms with E-state index < -0.39 is 24.0 Å². The maximum atomic E-state index is 14.3. The highest BCUT2D eigenvalue weighted by Gasteiger charge is 2.26. The number of aliphatic hydroxyl groups excluding tert-OH is 1. The molecule has 6 nitrogen and oxygen atoms in total. The number of carbonyl (C=O) groups excluding carboxylic acids is 1. The molecular weight excluding hydrogens is 416 g/mol. The van der Waals surface area contributed by atoms with E-state index in [2.05, 4.69) is 4.98 Å². The topological polar surface area (TPSA) is 78.5 Å². The molecule has 0 bridgehead atoms. The molecule has 1 amide bonds. The number of methoxy groups -OCH3 is 1. The van der Waals surface area contributed by atoms with E-state index in [4.69, 9.17) is 9.72 Å². The lowest BCUT2D eigenvalue weighted by atomic mass is 9.96. The standard InChI is InChI=1S/C24H21F2N3O3/c1-32-24-16(25)8-13(9-17(24)26)10-19-23-22(14-4-2-3-5-18(14)28-23)15-6-7-29(21(31)12-30)11-20(15)27-19/h2-5,8-9,28,30H,6-7,10-12H2,1H3. The second-order valence-corrected chi connectivity index (χ2v) is 7.90. The van der Waals surface area contributed by atoms with Crippen molar-refractivity contribution in [2.75, 3.05) is 20.3 Å². The van der Waals surface area contributed by atoms with Gasteiger partial charge >= 0.3 is 0 Å². The molecule has 0 fully saturated rings. The van der Waals surface area contributed by atoms with Gasteiger partial charge in [-0.2, -0.15) is 0 Å². The quantitative estimate of drug-likeness (QED) is 0.513. The van der Waals surface area contributed by atoms with Gasteiger partial charge in [0, 0.05) is 29.3 Å². The summed E-state index contributed by atoms with van der Waals surface area (Å²) in [5.41, 5.74) is 4.61. The van der Waals surface area contributed by atoms with Crippen LogP contribution in [0.3, 0.4) is 0 Å². The van der Waals surface area contributed by atoms with Crippen LogP contribution in [0.5, 0.6) is 5.75 Å². The number of H-pyrrole nitrogens is 1. The highest BCUT2D eigenvalue weighted by Crippen LogP contribution is 2.35. The van der Waals surface area contributed by atoms with Crippen LogP contribution in [0.25, 0.3) is 21.8 Å². The van der Waals surface area contributed by atoms with Gasteiger partial charge < -0.3 is 19.7 Å². The Morgan fingerprint density at radius 3 is 2.72 bits per heavy atom. The summed E-state index contributed by atoms with van der Waals surface area (Å²) in [5.74, 6) is -2.31. The number of aromatic nitrogens is 2. The van der Waals surface area contributed by atoms with Crippen molar-refractivity contribution in [2.45, 2.75) is 19.4 Å². The van der Waals surface area contributed by atoms with Gasteiger partial charge in [0.1, 0.15) is 6.61 Å². The zero-order valence-electron chi connectivity index (χ0n) is 17.4. The molecule has 4 aromatic rings. The van der Waals surface area contributed by atoms with Gasteiger partial charge in [-0.3, -0.25) is 9.78 Å². The lowest BCUT2D eigenvalue weighted by Crippen LogP contribution is -2.38. The Morgan fingerprint density at radius 1 is 1.25 bits per heavy atom. The van der Waals surface area contributed by atoms with Crippen molar-refractivity contribution < 1.29 is 23.4 Å². The molecule has 0 aliphatic carbocycles. The van der Waals surface area contributed by atoms with Crippen molar-refractivity contribution in [1.29, 1.82) is 0 Å². The van der Waals surface area contributed by atoms with Crippen molar-refractivity contribution in [3.8, 4) is 5.75 Å². The average Bonchev–Trinajstić information content (AvgIpc) is 3.18. The summed E-state index contributed by atoms with van der Waals surface area (Å²) < 4.78 is 33.4. The van der Waals surface area contributed by atoms with Gasteiger partial charge in [-0.1, -0.05) is 18.2 Å². The molecule has 32 heavy (non-hydrogen) atoms. The fraction of sp³-hybridized carbons (Fsp3) is 0.250. The Labute approximate surface area is 182 Å². The first kappa shape index (κ1) is 20.4. The van der Waals surface area contributed by atoms with Gasteiger partial charge in [-0.25, -0.2) is 8.78 Å². The maximum Gasteiger partial charge on any atom is 0.248 e. The van der Waals surface area contributed by atoms with Gasteiger partial charge in [0.05, 0.1) is 30.6 Å². The van der Waals surface area contributed by atoms with Crippen molar-refractivity contribution in [2.24, 2.45) is 0 Å². The third-order valence-electron chi connectivity index (χ3n) is 6.01. The maximum absolute atomic E-state index is 14.3. The number of carbonyl (C=O) groups is 1. The predicted molar refractivity (Wildman–Crippen MR) is 116 cm³/mol. The Kier molecular flexibility index (Phi) is 5.01. The Bertz CT molecular complexity index is 1340. The van der Waals surface area contributed by atoms with Gasteiger partial charge in [0.2, 0.25) is 5.91 Å². The van der Waals surface area contributed by atoms with Crippen molar-refractivity contribution in [1.82, 2.24) is 14.9 Å². The number of aliphatic hydroxyl groups is 1. The molecule has 8 heteroatoms. The molecule has 2 aromatic heterocycles. The second-order valence-electron chi connectivity index (χ2n) is 7.90. The zero-order valence-corrected chi connectivity index (χ0v) is 17.4. The number of nitrogens with zero attached hydrogens (tertiary/aromatic N) is 2. The minimum Gasteiger partial charge on any atom is -0.491 e.